The van der Waals surface area contributed by atoms with E-state index in [9.17, 15) is 0 Å². The van der Waals surface area contributed by atoms with Crippen LogP contribution in [0.15, 0.2) is 42.6 Å². The molecule has 0 radical (unpaired) electrons. The number of amidine groups is 1. The largest absolute Gasteiger partial charge is 0.382 e. The second kappa shape index (κ2) is 6.59. The van der Waals surface area contributed by atoms with Crippen molar-refractivity contribution in [1.82, 2.24) is 4.98 Å². The number of nitrogen functional groups attached to an aromatic ring is 1. The van der Waals surface area contributed by atoms with Crippen LogP contribution in [0.25, 0.3) is 0 Å². The molecule has 0 saturated heterocycles. The van der Waals surface area contributed by atoms with Gasteiger partial charge in [-0.15, -0.1) is 0 Å². The molecular formula is C14H14ClN3S. The molecule has 0 saturated carbocycles. The van der Waals surface area contributed by atoms with Gasteiger partial charge < -0.3 is 5.73 Å². The van der Waals surface area contributed by atoms with Crippen molar-refractivity contribution in [3.8, 4) is 0 Å². The fourth-order valence-electron chi connectivity index (χ4n) is 1.61. The fourth-order valence-corrected chi connectivity index (χ4v) is 2.88. The van der Waals surface area contributed by atoms with Crippen molar-refractivity contribution in [2.45, 2.75) is 11.5 Å². The van der Waals surface area contributed by atoms with Crippen LogP contribution in [0.1, 0.15) is 16.8 Å². The average molecular weight is 292 g/mol. The van der Waals surface area contributed by atoms with Crippen LogP contribution in [0, 0.1) is 5.41 Å². The molecule has 0 aliphatic heterocycles. The maximum absolute atomic E-state index is 7.36. The van der Waals surface area contributed by atoms with Crippen molar-refractivity contribution in [3.05, 3.63) is 64.4 Å². The molecule has 0 amide bonds. The lowest BCUT2D eigenvalue weighted by atomic mass is 10.2. The van der Waals surface area contributed by atoms with Crippen LogP contribution < -0.4 is 5.73 Å². The van der Waals surface area contributed by atoms with Crippen molar-refractivity contribution in [2.24, 2.45) is 5.73 Å². The third-order valence-corrected chi connectivity index (χ3v) is 4.01. The number of thioether (sulfide) groups is 1. The molecule has 19 heavy (non-hydrogen) atoms. The van der Waals surface area contributed by atoms with E-state index in [1.54, 1.807) is 18.0 Å². The quantitative estimate of drug-likeness (QED) is 0.655. The topological polar surface area (TPSA) is 62.8 Å². The van der Waals surface area contributed by atoms with Crippen LogP contribution in [-0.2, 0) is 11.5 Å². The van der Waals surface area contributed by atoms with E-state index in [-0.39, 0.29) is 5.84 Å². The molecule has 1 heterocycles. The predicted octanol–water partition coefficient (Wildman–Crippen LogP) is 3.45. The van der Waals surface area contributed by atoms with E-state index in [0.717, 1.165) is 27.7 Å². The maximum atomic E-state index is 7.36. The molecule has 2 rings (SSSR count). The van der Waals surface area contributed by atoms with Crippen molar-refractivity contribution >= 4 is 29.2 Å². The van der Waals surface area contributed by atoms with Crippen molar-refractivity contribution in [1.29, 1.82) is 5.41 Å². The highest BCUT2D eigenvalue weighted by atomic mass is 35.5. The normalized spacial score (nSPS) is 10.4. The molecule has 0 unspecified atom stereocenters. The molecule has 0 aliphatic rings. The number of benzene rings is 1. The van der Waals surface area contributed by atoms with Gasteiger partial charge in [0.25, 0.3) is 0 Å². The Balaban J connectivity index is 1.94. The molecule has 5 heteroatoms. The van der Waals surface area contributed by atoms with Gasteiger partial charge in [0.1, 0.15) is 11.5 Å². The molecule has 1 aromatic carbocycles. The predicted molar refractivity (Wildman–Crippen MR) is 81.7 cm³/mol. The van der Waals surface area contributed by atoms with E-state index >= 15 is 0 Å². The summed E-state index contributed by atoms with van der Waals surface area (Å²) in [5.74, 6) is 1.70. The zero-order valence-corrected chi connectivity index (χ0v) is 11.8. The molecule has 2 aromatic rings. The molecular weight excluding hydrogens is 278 g/mol. The van der Waals surface area contributed by atoms with Crippen LogP contribution in [0.3, 0.4) is 0 Å². The molecule has 1 aromatic heterocycles. The number of halogens is 1. The summed E-state index contributed by atoms with van der Waals surface area (Å²) >= 11 is 7.88. The lowest BCUT2D eigenvalue weighted by Gasteiger charge is -2.05. The van der Waals surface area contributed by atoms with E-state index in [1.807, 2.05) is 36.4 Å². The number of hydrogen-bond acceptors (Lipinski definition) is 3. The Morgan fingerprint density at radius 1 is 1.26 bits per heavy atom. The van der Waals surface area contributed by atoms with Gasteiger partial charge in [0.05, 0.1) is 0 Å². The van der Waals surface area contributed by atoms with Gasteiger partial charge in [-0.05, 0) is 29.3 Å². The van der Waals surface area contributed by atoms with Crippen LogP contribution in [0.4, 0.5) is 0 Å². The van der Waals surface area contributed by atoms with Gasteiger partial charge in [-0.1, -0.05) is 29.8 Å². The Bertz CT molecular complexity index is 586. The molecule has 3 nitrogen and oxygen atoms in total. The minimum atomic E-state index is -0.00189. The van der Waals surface area contributed by atoms with Gasteiger partial charge in [-0.25, -0.2) is 0 Å². The van der Waals surface area contributed by atoms with Gasteiger partial charge in [-0.3, -0.25) is 10.4 Å². The van der Waals surface area contributed by atoms with Gasteiger partial charge in [0, 0.05) is 22.7 Å². The Morgan fingerprint density at radius 3 is 2.79 bits per heavy atom. The zero-order chi connectivity index (χ0) is 13.7. The van der Waals surface area contributed by atoms with Crippen LogP contribution >= 0.6 is 23.4 Å². The Labute approximate surface area is 121 Å². The molecule has 0 aliphatic carbocycles. The first-order valence-electron chi connectivity index (χ1n) is 5.77. The molecule has 0 atom stereocenters. The van der Waals surface area contributed by atoms with Crippen LogP contribution in [0.2, 0.25) is 5.02 Å². The Morgan fingerprint density at radius 2 is 2.05 bits per heavy atom. The molecule has 0 fully saturated rings. The summed E-state index contributed by atoms with van der Waals surface area (Å²) in [6.45, 7) is 0. The van der Waals surface area contributed by atoms with Gasteiger partial charge >= 0.3 is 0 Å². The second-order valence-corrected chi connectivity index (χ2v) is 5.44. The number of pyridine rings is 1. The summed E-state index contributed by atoms with van der Waals surface area (Å²) in [4.78, 5) is 4.04. The number of rotatable bonds is 5. The molecule has 0 bridgehead atoms. The van der Waals surface area contributed by atoms with Crippen molar-refractivity contribution in [2.75, 3.05) is 0 Å². The summed E-state index contributed by atoms with van der Waals surface area (Å²) in [5, 5.41) is 8.16. The highest BCUT2D eigenvalue weighted by Crippen LogP contribution is 2.23. The number of nitrogens with one attached hydrogen (secondary N) is 1. The standard InChI is InChI=1S/C14H14ClN3S/c15-12-4-2-1-3-11(12)9-19-8-10-5-6-18-13(7-10)14(16)17/h1-7H,8-9H2,(H3,16,17). The van der Waals surface area contributed by atoms with Crippen LogP contribution in [0.5, 0.6) is 0 Å². The number of nitrogens with zero attached hydrogens (tertiary/aromatic N) is 1. The minimum Gasteiger partial charge on any atom is -0.382 e. The Kier molecular flexibility index (Phi) is 4.82. The first-order valence-corrected chi connectivity index (χ1v) is 7.30. The van der Waals surface area contributed by atoms with Crippen molar-refractivity contribution in [3.63, 3.8) is 0 Å². The number of aromatic nitrogens is 1. The van der Waals surface area contributed by atoms with E-state index in [2.05, 4.69) is 4.98 Å². The molecule has 0 spiro atoms. The fraction of sp³-hybridized carbons (Fsp3) is 0.143. The summed E-state index contributed by atoms with van der Waals surface area (Å²) in [6.07, 6.45) is 1.68. The maximum Gasteiger partial charge on any atom is 0.141 e. The van der Waals surface area contributed by atoms with Gasteiger partial charge in [0.15, 0.2) is 0 Å². The second-order valence-electron chi connectivity index (χ2n) is 4.05. The lowest BCUT2D eigenvalue weighted by Crippen LogP contribution is -2.13. The summed E-state index contributed by atoms with van der Waals surface area (Å²) in [6, 6.07) is 11.6. The van der Waals surface area contributed by atoms with Gasteiger partial charge in [-0.2, -0.15) is 11.8 Å². The Hall–Kier alpha value is -1.52. The highest BCUT2D eigenvalue weighted by Gasteiger charge is 2.02. The molecule has 98 valence electrons. The summed E-state index contributed by atoms with van der Waals surface area (Å²) in [7, 11) is 0. The zero-order valence-electron chi connectivity index (χ0n) is 10.3. The average Bonchev–Trinajstić information content (AvgIpc) is 2.41. The summed E-state index contributed by atoms with van der Waals surface area (Å²) in [5.41, 5.74) is 8.19. The third-order valence-electron chi connectivity index (χ3n) is 2.58. The number of nitrogens with two attached hydrogens (primary N) is 1. The van der Waals surface area contributed by atoms with E-state index in [0.29, 0.717) is 5.69 Å². The van der Waals surface area contributed by atoms with E-state index < -0.39 is 0 Å². The SMILES string of the molecule is N=C(N)c1cc(CSCc2ccccc2Cl)ccn1. The number of hydrogen-bond donors (Lipinski definition) is 2. The molecule has 3 N–H and O–H groups in total. The van der Waals surface area contributed by atoms with E-state index in [4.69, 9.17) is 22.7 Å². The first kappa shape index (κ1) is 13.9. The van der Waals surface area contributed by atoms with Crippen LogP contribution in [-0.4, -0.2) is 10.8 Å². The summed E-state index contributed by atoms with van der Waals surface area (Å²) < 4.78 is 0. The van der Waals surface area contributed by atoms with Gasteiger partial charge in [0.2, 0.25) is 0 Å². The van der Waals surface area contributed by atoms with E-state index in [1.165, 1.54) is 0 Å². The lowest BCUT2D eigenvalue weighted by molar-refractivity contribution is 1.22. The van der Waals surface area contributed by atoms with Crippen molar-refractivity contribution < 1.29 is 0 Å². The third kappa shape index (κ3) is 3.98. The minimum absolute atomic E-state index is 0.00189. The first-order chi connectivity index (χ1) is 9.16. The smallest absolute Gasteiger partial charge is 0.141 e. The highest BCUT2D eigenvalue weighted by molar-refractivity contribution is 7.97. The monoisotopic (exact) mass is 291 g/mol.